The first kappa shape index (κ1) is 13.6. The van der Waals surface area contributed by atoms with Crippen LogP contribution in [0.25, 0.3) is 0 Å². The van der Waals surface area contributed by atoms with E-state index in [-0.39, 0.29) is 11.9 Å². The number of hydrogen-bond donors (Lipinski definition) is 2. The monoisotopic (exact) mass is 215 g/mol. The summed E-state index contributed by atoms with van der Waals surface area (Å²) in [5.41, 5.74) is 0. The highest BCUT2D eigenvalue weighted by molar-refractivity contribution is 5.79. The predicted octanol–water partition coefficient (Wildman–Crippen LogP) is 0.414. The van der Waals surface area contributed by atoms with E-state index in [0.29, 0.717) is 6.54 Å². The Kier molecular flexibility index (Phi) is 6.37. The first-order valence-corrected chi connectivity index (χ1v) is 4.69. The molecule has 0 aromatic heterocycles. The molecule has 0 aliphatic rings. The predicted molar refractivity (Wildman–Crippen MR) is 55.4 cm³/mol. The lowest BCUT2D eigenvalue weighted by atomic mass is 10.0. The zero-order chi connectivity index (χ0) is 11.8. The van der Waals surface area contributed by atoms with Crippen LogP contribution in [0.15, 0.2) is 12.2 Å². The second kappa shape index (κ2) is 7.00. The van der Waals surface area contributed by atoms with E-state index in [2.05, 4.69) is 10.1 Å². The number of nitrogens with one attached hydrogen (secondary N) is 1. The summed E-state index contributed by atoms with van der Waals surface area (Å²) in [7, 11) is 1.33. The minimum atomic E-state index is -1.00. The highest BCUT2D eigenvalue weighted by atomic mass is 16.5. The number of rotatable bonds is 6. The molecule has 0 bridgehead atoms. The van der Waals surface area contributed by atoms with Crippen molar-refractivity contribution in [3.63, 3.8) is 0 Å². The van der Waals surface area contributed by atoms with E-state index in [1.807, 2.05) is 13.8 Å². The van der Waals surface area contributed by atoms with Crippen molar-refractivity contribution in [1.82, 2.24) is 5.32 Å². The van der Waals surface area contributed by atoms with Gasteiger partial charge in [0.25, 0.3) is 0 Å². The van der Waals surface area contributed by atoms with Crippen LogP contribution in [-0.4, -0.2) is 36.7 Å². The molecule has 1 atom stereocenters. The lowest BCUT2D eigenvalue weighted by Crippen LogP contribution is -2.41. The van der Waals surface area contributed by atoms with E-state index >= 15 is 0 Å². The van der Waals surface area contributed by atoms with E-state index in [1.54, 1.807) is 0 Å². The summed E-state index contributed by atoms with van der Waals surface area (Å²) in [6.07, 6.45) is 2.47. The van der Waals surface area contributed by atoms with Gasteiger partial charge in [0.1, 0.15) is 6.04 Å². The first-order chi connectivity index (χ1) is 6.99. The van der Waals surface area contributed by atoms with Gasteiger partial charge in [-0.25, -0.2) is 4.79 Å². The van der Waals surface area contributed by atoms with Gasteiger partial charge in [-0.15, -0.1) is 0 Å². The Bertz CT molecular complexity index is 248. The average Bonchev–Trinajstić information content (AvgIpc) is 2.15. The van der Waals surface area contributed by atoms with Gasteiger partial charge in [-0.1, -0.05) is 19.9 Å². The number of carbonyl (C=O) groups excluding carboxylic acids is 1. The molecular formula is C10H17NO4. The van der Waals surface area contributed by atoms with E-state index in [9.17, 15) is 9.59 Å². The van der Waals surface area contributed by atoms with Gasteiger partial charge in [0, 0.05) is 12.6 Å². The van der Waals surface area contributed by atoms with Crippen LogP contribution in [0.1, 0.15) is 13.8 Å². The zero-order valence-electron chi connectivity index (χ0n) is 9.19. The van der Waals surface area contributed by atoms with Gasteiger partial charge in [-0.3, -0.25) is 4.79 Å². The smallest absolute Gasteiger partial charge is 0.328 e. The maximum atomic E-state index is 11.3. The van der Waals surface area contributed by atoms with Gasteiger partial charge in [0.2, 0.25) is 0 Å². The molecule has 0 rings (SSSR count). The maximum Gasteiger partial charge on any atom is 0.328 e. The van der Waals surface area contributed by atoms with Crippen molar-refractivity contribution >= 4 is 11.9 Å². The highest BCUT2D eigenvalue weighted by Gasteiger charge is 2.21. The summed E-state index contributed by atoms with van der Waals surface area (Å²) in [5, 5.41) is 11.2. The van der Waals surface area contributed by atoms with Crippen molar-refractivity contribution in [3.05, 3.63) is 12.2 Å². The van der Waals surface area contributed by atoms with E-state index < -0.39 is 12.0 Å². The summed E-state index contributed by atoms with van der Waals surface area (Å²) >= 11 is 0. The largest absolute Gasteiger partial charge is 0.478 e. The lowest BCUT2D eigenvalue weighted by molar-refractivity contribution is -0.144. The Hall–Kier alpha value is -1.36. The van der Waals surface area contributed by atoms with E-state index in [4.69, 9.17) is 5.11 Å². The van der Waals surface area contributed by atoms with Crippen molar-refractivity contribution in [2.75, 3.05) is 13.7 Å². The van der Waals surface area contributed by atoms with Gasteiger partial charge >= 0.3 is 11.9 Å². The number of methoxy groups -OCH3 is 1. The van der Waals surface area contributed by atoms with Gasteiger partial charge in [0.15, 0.2) is 0 Å². The van der Waals surface area contributed by atoms with Gasteiger partial charge in [-0.2, -0.15) is 0 Å². The molecule has 0 amide bonds. The Morgan fingerprint density at radius 1 is 1.47 bits per heavy atom. The summed E-state index contributed by atoms with van der Waals surface area (Å²) in [4.78, 5) is 21.4. The third-order valence-corrected chi connectivity index (χ3v) is 1.84. The molecule has 86 valence electrons. The molecule has 5 heteroatoms. The number of carbonyl (C=O) groups is 2. The number of hydrogen-bond acceptors (Lipinski definition) is 4. The van der Waals surface area contributed by atoms with Crippen LogP contribution in [0.5, 0.6) is 0 Å². The van der Waals surface area contributed by atoms with Crippen molar-refractivity contribution in [2.45, 2.75) is 19.9 Å². The maximum absolute atomic E-state index is 11.3. The topological polar surface area (TPSA) is 75.6 Å². The molecule has 0 saturated carbocycles. The molecule has 0 aromatic rings. The van der Waals surface area contributed by atoms with Crippen molar-refractivity contribution < 1.29 is 19.4 Å². The Labute approximate surface area is 89.1 Å². The molecule has 0 heterocycles. The van der Waals surface area contributed by atoms with Crippen LogP contribution < -0.4 is 5.32 Å². The molecule has 2 N–H and O–H groups in total. The van der Waals surface area contributed by atoms with E-state index in [1.165, 1.54) is 13.2 Å². The molecule has 0 spiro atoms. The van der Waals surface area contributed by atoms with Crippen LogP contribution in [-0.2, 0) is 14.3 Å². The average molecular weight is 215 g/mol. The van der Waals surface area contributed by atoms with Crippen LogP contribution in [0.3, 0.4) is 0 Å². The van der Waals surface area contributed by atoms with Gasteiger partial charge in [0.05, 0.1) is 7.11 Å². The highest BCUT2D eigenvalue weighted by Crippen LogP contribution is 2.02. The minimum absolute atomic E-state index is 0.0932. The van der Waals surface area contributed by atoms with Crippen molar-refractivity contribution in [2.24, 2.45) is 5.92 Å². The fraction of sp³-hybridized carbons (Fsp3) is 0.600. The van der Waals surface area contributed by atoms with Crippen LogP contribution in [0, 0.1) is 5.92 Å². The normalized spacial score (nSPS) is 13.1. The number of aliphatic carboxylic acids is 1. The minimum Gasteiger partial charge on any atom is -0.478 e. The Balaban J connectivity index is 4.08. The summed E-state index contributed by atoms with van der Waals surface area (Å²) in [6, 6.07) is -0.409. The van der Waals surface area contributed by atoms with E-state index in [0.717, 1.165) is 6.08 Å². The molecule has 0 aliphatic heterocycles. The third kappa shape index (κ3) is 5.85. The van der Waals surface area contributed by atoms with Gasteiger partial charge < -0.3 is 15.2 Å². The Morgan fingerprint density at radius 2 is 2.07 bits per heavy atom. The number of carboxylic acid groups (broad SMARTS) is 1. The molecular weight excluding hydrogens is 198 g/mol. The standard InChI is InChI=1S/C10H17NO4/c1-7(2)9(10(14)15-3)11-6-4-5-8(12)13/h4-5,7,9,11H,6H2,1-3H3,(H,12,13)/b5-4+/t9-/m0/s1. The van der Waals surface area contributed by atoms with Crippen molar-refractivity contribution in [3.8, 4) is 0 Å². The summed E-state index contributed by atoms with van der Waals surface area (Å²) in [6.45, 7) is 4.09. The van der Waals surface area contributed by atoms with Gasteiger partial charge in [-0.05, 0) is 5.92 Å². The molecule has 0 aromatic carbocycles. The fourth-order valence-electron chi connectivity index (χ4n) is 1.07. The van der Waals surface area contributed by atoms with Crippen LogP contribution >= 0.6 is 0 Å². The molecule has 5 nitrogen and oxygen atoms in total. The number of carboxylic acids is 1. The zero-order valence-corrected chi connectivity index (χ0v) is 9.19. The Morgan fingerprint density at radius 3 is 2.47 bits per heavy atom. The second-order valence-electron chi connectivity index (χ2n) is 3.39. The van der Waals surface area contributed by atoms with Crippen LogP contribution in [0.2, 0.25) is 0 Å². The third-order valence-electron chi connectivity index (χ3n) is 1.84. The molecule has 0 fully saturated rings. The quantitative estimate of drug-likeness (QED) is 0.496. The first-order valence-electron chi connectivity index (χ1n) is 4.69. The molecule has 0 radical (unpaired) electrons. The fourth-order valence-corrected chi connectivity index (χ4v) is 1.07. The van der Waals surface area contributed by atoms with Crippen LogP contribution in [0.4, 0.5) is 0 Å². The SMILES string of the molecule is COC(=O)[C@@H](NC/C=C/C(=O)O)C(C)C. The number of ether oxygens (including phenoxy) is 1. The summed E-state index contributed by atoms with van der Waals surface area (Å²) < 4.78 is 4.61. The molecule has 0 unspecified atom stereocenters. The molecule has 0 aliphatic carbocycles. The summed E-state index contributed by atoms with van der Waals surface area (Å²) in [5.74, 6) is -1.25. The number of esters is 1. The lowest BCUT2D eigenvalue weighted by Gasteiger charge is -2.18. The second-order valence-corrected chi connectivity index (χ2v) is 3.39. The molecule has 0 saturated heterocycles. The molecule has 15 heavy (non-hydrogen) atoms. The van der Waals surface area contributed by atoms with Crippen molar-refractivity contribution in [1.29, 1.82) is 0 Å².